The van der Waals surface area contributed by atoms with E-state index in [1.54, 1.807) is 18.3 Å². The van der Waals surface area contributed by atoms with Gasteiger partial charge in [-0.2, -0.15) is 0 Å². The first-order chi connectivity index (χ1) is 9.75. The average Bonchev–Trinajstić information content (AvgIpc) is 2.47. The van der Waals surface area contributed by atoms with E-state index in [2.05, 4.69) is 10.3 Å². The van der Waals surface area contributed by atoms with Crippen LogP contribution in [-0.2, 0) is 6.54 Å². The Morgan fingerprint density at radius 3 is 2.70 bits per heavy atom. The second kappa shape index (κ2) is 5.47. The third-order valence-corrected chi connectivity index (χ3v) is 3.50. The van der Waals surface area contributed by atoms with E-state index in [0.717, 1.165) is 16.6 Å². The van der Waals surface area contributed by atoms with Crippen LogP contribution in [0.25, 0.3) is 10.9 Å². The van der Waals surface area contributed by atoms with Crippen molar-refractivity contribution in [2.24, 2.45) is 0 Å². The predicted molar refractivity (Wildman–Crippen MR) is 80.5 cm³/mol. The van der Waals surface area contributed by atoms with Crippen molar-refractivity contribution in [1.82, 2.24) is 4.98 Å². The van der Waals surface area contributed by atoms with Crippen LogP contribution in [0.3, 0.4) is 0 Å². The molecule has 0 saturated heterocycles. The molecule has 0 spiro atoms. The van der Waals surface area contributed by atoms with Gasteiger partial charge in [-0.05, 0) is 24.3 Å². The van der Waals surface area contributed by atoms with Gasteiger partial charge in [-0.1, -0.05) is 35.9 Å². The SMILES string of the molecule is Fc1cccc(Cl)c1CNc1cccc2cccnc12. The lowest BCUT2D eigenvalue weighted by molar-refractivity contribution is 0.613. The number of nitrogens with one attached hydrogen (secondary N) is 1. The molecule has 2 nitrogen and oxygen atoms in total. The molecule has 0 atom stereocenters. The minimum Gasteiger partial charge on any atom is -0.379 e. The molecule has 1 aromatic heterocycles. The van der Waals surface area contributed by atoms with Crippen molar-refractivity contribution in [3.05, 3.63) is 71.1 Å². The number of rotatable bonds is 3. The molecule has 3 aromatic rings. The number of pyridine rings is 1. The van der Waals surface area contributed by atoms with Gasteiger partial charge in [0.05, 0.1) is 11.2 Å². The summed E-state index contributed by atoms with van der Waals surface area (Å²) in [6.45, 7) is 0.321. The average molecular weight is 287 g/mol. The van der Waals surface area contributed by atoms with Gasteiger partial charge in [0.15, 0.2) is 0 Å². The summed E-state index contributed by atoms with van der Waals surface area (Å²) < 4.78 is 13.7. The Bertz CT molecular complexity index is 733. The Balaban J connectivity index is 1.91. The van der Waals surface area contributed by atoms with Crippen LogP contribution in [0, 0.1) is 5.82 Å². The van der Waals surface area contributed by atoms with Crippen LogP contribution < -0.4 is 5.32 Å². The molecule has 4 heteroatoms. The van der Waals surface area contributed by atoms with Crippen molar-refractivity contribution >= 4 is 28.2 Å². The third kappa shape index (κ3) is 2.45. The Labute approximate surface area is 121 Å². The monoisotopic (exact) mass is 286 g/mol. The summed E-state index contributed by atoms with van der Waals surface area (Å²) in [5.74, 6) is -0.307. The van der Waals surface area contributed by atoms with Gasteiger partial charge >= 0.3 is 0 Å². The Kier molecular flexibility index (Phi) is 3.52. The zero-order valence-corrected chi connectivity index (χ0v) is 11.4. The van der Waals surface area contributed by atoms with Crippen molar-refractivity contribution in [3.63, 3.8) is 0 Å². The second-order valence-electron chi connectivity index (χ2n) is 4.43. The summed E-state index contributed by atoms with van der Waals surface area (Å²) in [5, 5.41) is 4.66. The van der Waals surface area contributed by atoms with Crippen LogP contribution in [-0.4, -0.2) is 4.98 Å². The van der Waals surface area contributed by atoms with Gasteiger partial charge in [-0.15, -0.1) is 0 Å². The summed E-state index contributed by atoms with van der Waals surface area (Å²) in [5.41, 5.74) is 2.19. The minimum absolute atomic E-state index is 0.307. The molecule has 0 aliphatic carbocycles. The molecule has 100 valence electrons. The van der Waals surface area contributed by atoms with Crippen molar-refractivity contribution in [1.29, 1.82) is 0 Å². The summed E-state index contributed by atoms with van der Waals surface area (Å²) >= 11 is 6.02. The number of para-hydroxylation sites is 1. The van der Waals surface area contributed by atoms with E-state index in [1.165, 1.54) is 6.07 Å². The zero-order chi connectivity index (χ0) is 13.9. The van der Waals surface area contributed by atoms with E-state index in [0.29, 0.717) is 17.1 Å². The molecule has 3 rings (SSSR count). The molecule has 1 heterocycles. The van der Waals surface area contributed by atoms with Crippen molar-refractivity contribution in [2.45, 2.75) is 6.54 Å². The molecule has 0 aliphatic heterocycles. The maximum Gasteiger partial charge on any atom is 0.129 e. The summed E-state index contributed by atoms with van der Waals surface area (Å²) in [6.07, 6.45) is 1.74. The topological polar surface area (TPSA) is 24.9 Å². The second-order valence-corrected chi connectivity index (χ2v) is 4.84. The van der Waals surface area contributed by atoms with Crippen LogP contribution in [0.1, 0.15) is 5.56 Å². The van der Waals surface area contributed by atoms with Crippen LogP contribution in [0.5, 0.6) is 0 Å². The molecule has 2 aromatic carbocycles. The largest absolute Gasteiger partial charge is 0.379 e. The van der Waals surface area contributed by atoms with Crippen molar-refractivity contribution < 1.29 is 4.39 Å². The fraction of sp³-hybridized carbons (Fsp3) is 0.0625. The molecule has 1 N–H and O–H groups in total. The number of anilines is 1. The highest BCUT2D eigenvalue weighted by atomic mass is 35.5. The molecule has 20 heavy (non-hydrogen) atoms. The van der Waals surface area contributed by atoms with Gasteiger partial charge in [-0.25, -0.2) is 4.39 Å². The van der Waals surface area contributed by atoms with E-state index in [-0.39, 0.29) is 5.82 Å². The maximum atomic E-state index is 13.7. The fourth-order valence-corrected chi connectivity index (χ4v) is 2.36. The maximum absolute atomic E-state index is 13.7. The summed E-state index contributed by atoms with van der Waals surface area (Å²) in [7, 11) is 0. The standard InChI is InChI=1S/C16H12ClFN2/c17-13-6-2-7-14(18)12(13)10-20-15-8-1-4-11-5-3-9-19-16(11)15/h1-9,20H,10H2. The molecular formula is C16H12ClFN2. The molecule has 0 fully saturated rings. The fourth-order valence-electron chi connectivity index (χ4n) is 2.13. The van der Waals surface area contributed by atoms with E-state index in [9.17, 15) is 4.39 Å². The highest BCUT2D eigenvalue weighted by Gasteiger charge is 2.07. The van der Waals surface area contributed by atoms with E-state index in [4.69, 9.17) is 11.6 Å². The van der Waals surface area contributed by atoms with Crippen molar-refractivity contribution in [2.75, 3.05) is 5.32 Å². The van der Waals surface area contributed by atoms with Gasteiger partial charge in [0, 0.05) is 28.7 Å². The number of nitrogens with zero attached hydrogens (tertiary/aromatic N) is 1. The number of benzene rings is 2. The number of fused-ring (bicyclic) bond motifs is 1. The number of hydrogen-bond donors (Lipinski definition) is 1. The van der Waals surface area contributed by atoms with Crippen molar-refractivity contribution in [3.8, 4) is 0 Å². The molecule has 0 unspecified atom stereocenters. The van der Waals surface area contributed by atoms with Gasteiger partial charge in [0.1, 0.15) is 5.82 Å². The van der Waals surface area contributed by atoms with Gasteiger partial charge in [0.2, 0.25) is 0 Å². The highest BCUT2D eigenvalue weighted by molar-refractivity contribution is 6.31. The first-order valence-electron chi connectivity index (χ1n) is 6.26. The molecule has 0 aliphatic rings. The molecule has 0 saturated carbocycles. The first-order valence-corrected chi connectivity index (χ1v) is 6.64. The lowest BCUT2D eigenvalue weighted by atomic mass is 10.1. The lowest BCUT2D eigenvalue weighted by Gasteiger charge is -2.10. The van der Waals surface area contributed by atoms with Crippen LogP contribution in [0.2, 0.25) is 5.02 Å². The summed E-state index contributed by atoms with van der Waals surface area (Å²) in [4.78, 5) is 4.35. The number of hydrogen-bond acceptors (Lipinski definition) is 2. The molecule has 0 radical (unpaired) electrons. The Morgan fingerprint density at radius 2 is 1.85 bits per heavy atom. The first kappa shape index (κ1) is 12.9. The van der Waals surface area contributed by atoms with Gasteiger partial charge in [0.25, 0.3) is 0 Å². The van der Waals surface area contributed by atoms with Crippen LogP contribution >= 0.6 is 11.6 Å². The zero-order valence-electron chi connectivity index (χ0n) is 10.6. The summed E-state index contributed by atoms with van der Waals surface area (Å²) in [6, 6.07) is 14.4. The van der Waals surface area contributed by atoms with Crippen LogP contribution in [0.4, 0.5) is 10.1 Å². The predicted octanol–water partition coefficient (Wildman–Crippen LogP) is 4.64. The highest BCUT2D eigenvalue weighted by Crippen LogP contribution is 2.24. The molecular weight excluding hydrogens is 275 g/mol. The Hall–Kier alpha value is -2.13. The molecule has 0 amide bonds. The van der Waals surface area contributed by atoms with Crippen LogP contribution in [0.15, 0.2) is 54.7 Å². The lowest BCUT2D eigenvalue weighted by Crippen LogP contribution is -2.03. The Morgan fingerprint density at radius 1 is 1.05 bits per heavy atom. The minimum atomic E-state index is -0.307. The van der Waals surface area contributed by atoms with E-state index >= 15 is 0 Å². The van der Waals surface area contributed by atoms with E-state index < -0.39 is 0 Å². The quantitative estimate of drug-likeness (QED) is 0.759. The smallest absolute Gasteiger partial charge is 0.129 e. The number of halogens is 2. The van der Waals surface area contributed by atoms with E-state index in [1.807, 2.05) is 30.3 Å². The normalized spacial score (nSPS) is 10.7. The number of aromatic nitrogens is 1. The van der Waals surface area contributed by atoms with Gasteiger partial charge in [-0.3, -0.25) is 4.98 Å². The third-order valence-electron chi connectivity index (χ3n) is 3.15. The van der Waals surface area contributed by atoms with Gasteiger partial charge < -0.3 is 5.32 Å². The molecule has 0 bridgehead atoms.